The van der Waals surface area contributed by atoms with Crippen molar-refractivity contribution >= 4 is 0 Å². The second-order valence-corrected chi connectivity index (χ2v) is 3.91. The quantitative estimate of drug-likeness (QED) is 0.665. The number of imidazole rings is 1. The van der Waals surface area contributed by atoms with Crippen LogP contribution >= 0.6 is 0 Å². The van der Waals surface area contributed by atoms with Crippen LogP contribution < -0.4 is 0 Å². The second-order valence-electron chi connectivity index (χ2n) is 3.91. The highest BCUT2D eigenvalue weighted by Gasteiger charge is 2.25. The molecule has 0 aliphatic carbocycles. The van der Waals surface area contributed by atoms with E-state index in [1.807, 2.05) is 0 Å². The van der Waals surface area contributed by atoms with Gasteiger partial charge < -0.3 is 15.0 Å². The first kappa shape index (κ1) is 9.48. The van der Waals surface area contributed by atoms with Gasteiger partial charge in [0.15, 0.2) is 0 Å². The van der Waals surface area contributed by atoms with Crippen LogP contribution in [0.25, 0.3) is 0 Å². The highest BCUT2D eigenvalue weighted by molar-refractivity contribution is 5.09. The second kappa shape index (κ2) is 3.59. The Labute approximate surface area is 83.4 Å². The zero-order chi connectivity index (χ0) is 10.1. The van der Waals surface area contributed by atoms with Crippen molar-refractivity contribution in [2.45, 2.75) is 6.04 Å². The van der Waals surface area contributed by atoms with Crippen LogP contribution in [0.3, 0.4) is 0 Å². The number of aromatic amines is 1. The molecule has 1 unspecified atom stereocenters. The van der Waals surface area contributed by atoms with E-state index in [0.29, 0.717) is 0 Å². The normalized spacial score (nSPS) is 25.4. The number of nitrogens with one attached hydrogen (secondary N) is 1. The number of hydrogen-bond acceptors (Lipinski definition) is 4. The molecular formula is C9H16N4O. The molecule has 0 spiro atoms. The largest absolute Gasteiger partial charge is 0.493 e. The van der Waals surface area contributed by atoms with E-state index in [-0.39, 0.29) is 11.9 Å². The number of hydrogen-bond donors (Lipinski definition) is 2. The molecule has 0 amide bonds. The summed E-state index contributed by atoms with van der Waals surface area (Å²) in [5, 5.41) is 9.19. The van der Waals surface area contributed by atoms with Gasteiger partial charge in [-0.15, -0.1) is 0 Å². The van der Waals surface area contributed by atoms with Crippen molar-refractivity contribution in [2.75, 3.05) is 33.7 Å². The standard InChI is InChI=1S/C9H16N4O/c1-12-3-4-13(2)7(6-12)9-10-5-8(14)11-9/h5,7,14H,3-4,6H2,1-2H3,(H,10,11). The summed E-state index contributed by atoms with van der Waals surface area (Å²) in [5.41, 5.74) is 0. The third-order valence-electron chi connectivity index (χ3n) is 2.75. The molecule has 5 nitrogen and oxygen atoms in total. The SMILES string of the molecule is CN1CCN(C)C(c2ncc(O)[nH]2)C1. The smallest absolute Gasteiger partial charge is 0.208 e. The highest BCUT2D eigenvalue weighted by atomic mass is 16.3. The monoisotopic (exact) mass is 196 g/mol. The predicted molar refractivity (Wildman–Crippen MR) is 53.1 cm³/mol. The Morgan fingerprint density at radius 3 is 2.93 bits per heavy atom. The fourth-order valence-electron chi connectivity index (χ4n) is 1.80. The van der Waals surface area contributed by atoms with Gasteiger partial charge in [-0.05, 0) is 14.1 Å². The van der Waals surface area contributed by atoms with Crippen molar-refractivity contribution < 1.29 is 5.11 Å². The van der Waals surface area contributed by atoms with E-state index in [4.69, 9.17) is 0 Å². The maximum absolute atomic E-state index is 9.19. The molecule has 1 aliphatic rings. The summed E-state index contributed by atoms with van der Waals surface area (Å²) < 4.78 is 0. The van der Waals surface area contributed by atoms with Crippen molar-refractivity contribution in [3.05, 3.63) is 12.0 Å². The van der Waals surface area contributed by atoms with E-state index in [1.54, 1.807) is 0 Å². The number of aromatic nitrogens is 2. The molecule has 1 aromatic rings. The van der Waals surface area contributed by atoms with Crippen molar-refractivity contribution in [3.63, 3.8) is 0 Å². The minimum absolute atomic E-state index is 0.140. The third kappa shape index (κ3) is 1.73. The fraction of sp³-hybridized carbons (Fsp3) is 0.667. The summed E-state index contributed by atoms with van der Waals surface area (Å²) in [6.45, 7) is 3.06. The molecule has 1 atom stereocenters. The Balaban J connectivity index is 2.15. The van der Waals surface area contributed by atoms with Gasteiger partial charge in [-0.3, -0.25) is 4.90 Å². The van der Waals surface area contributed by atoms with Gasteiger partial charge in [-0.1, -0.05) is 0 Å². The van der Waals surface area contributed by atoms with Crippen LogP contribution in [0.4, 0.5) is 0 Å². The number of aromatic hydroxyl groups is 1. The molecule has 5 heteroatoms. The molecule has 0 aromatic carbocycles. The van der Waals surface area contributed by atoms with Crippen LogP contribution in [0.15, 0.2) is 6.20 Å². The predicted octanol–water partition coefficient (Wildman–Crippen LogP) is 0.0336. The zero-order valence-corrected chi connectivity index (χ0v) is 8.56. The summed E-state index contributed by atoms with van der Waals surface area (Å²) in [6, 6.07) is 0.259. The molecule has 0 bridgehead atoms. The summed E-state index contributed by atoms with van der Waals surface area (Å²) in [6.07, 6.45) is 1.46. The summed E-state index contributed by atoms with van der Waals surface area (Å²) >= 11 is 0. The van der Waals surface area contributed by atoms with Gasteiger partial charge in [0.25, 0.3) is 0 Å². The Bertz CT molecular complexity index is 312. The Hall–Kier alpha value is -1.07. The molecule has 1 aromatic heterocycles. The average Bonchev–Trinajstić information content (AvgIpc) is 2.56. The zero-order valence-electron chi connectivity index (χ0n) is 8.56. The molecular weight excluding hydrogens is 180 g/mol. The first-order chi connectivity index (χ1) is 6.66. The van der Waals surface area contributed by atoms with E-state index in [2.05, 4.69) is 33.9 Å². The number of H-pyrrole nitrogens is 1. The lowest BCUT2D eigenvalue weighted by Gasteiger charge is -2.36. The topological polar surface area (TPSA) is 55.4 Å². The Kier molecular flexibility index (Phi) is 2.43. The number of piperazine rings is 1. The molecule has 2 N–H and O–H groups in total. The molecule has 14 heavy (non-hydrogen) atoms. The first-order valence-corrected chi connectivity index (χ1v) is 4.79. The van der Waals surface area contributed by atoms with Gasteiger partial charge in [0.2, 0.25) is 5.88 Å². The summed E-state index contributed by atoms with van der Waals surface area (Å²) in [7, 11) is 4.18. The van der Waals surface area contributed by atoms with Gasteiger partial charge in [0.05, 0.1) is 12.2 Å². The fourth-order valence-corrected chi connectivity index (χ4v) is 1.80. The minimum atomic E-state index is 0.140. The molecule has 78 valence electrons. The average molecular weight is 196 g/mol. The summed E-state index contributed by atoms with van der Waals surface area (Å²) in [5.74, 6) is 0.984. The van der Waals surface area contributed by atoms with Gasteiger partial charge in [0.1, 0.15) is 5.82 Å². The lowest BCUT2D eigenvalue weighted by molar-refractivity contribution is 0.110. The Morgan fingerprint density at radius 2 is 2.29 bits per heavy atom. The van der Waals surface area contributed by atoms with E-state index in [9.17, 15) is 5.11 Å². The summed E-state index contributed by atoms with van der Waals surface area (Å²) in [4.78, 5) is 11.5. The van der Waals surface area contributed by atoms with Gasteiger partial charge in [0, 0.05) is 19.6 Å². The first-order valence-electron chi connectivity index (χ1n) is 4.79. The molecule has 1 aliphatic heterocycles. The van der Waals surface area contributed by atoms with Gasteiger partial charge in [-0.2, -0.15) is 0 Å². The van der Waals surface area contributed by atoms with Gasteiger partial charge >= 0.3 is 0 Å². The molecule has 2 heterocycles. The number of likely N-dealkylation sites (N-methyl/N-ethyl adjacent to an activating group) is 2. The molecule has 0 radical (unpaired) electrons. The van der Waals surface area contributed by atoms with Crippen molar-refractivity contribution in [1.29, 1.82) is 0 Å². The Morgan fingerprint density at radius 1 is 1.50 bits per heavy atom. The van der Waals surface area contributed by atoms with Crippen LogP contribution in [0.2, 0.25) is 0 Å². The minimum Gasteiger partial charge on any atom is -0.493 e. The maximum Gasteiger partial charge on any atom is 0.208 e. The number of rotatable bonds is 1. The third-order valence-corrected chi connectivity index (χ3v) is 2.75. The van der Waals surface area contributed by atoms with Gasteiger partial charge in [-0.25, -0.2) is 4.98 Å². The van der Waals surface area contributed by atoms with Crippen molar-refractivity contribution in [1.82, 2.24) is 19.8 Å². The molecule has 1 fully saturated rings. The van der Waals surface area contributed by atoms with Crippen LogP contribution in [0, 0.1) is 0 Å². The lowest BCUT2D eigenvalue weighted by atomic mass is 10.2. The lowest BCUT2D eigenvalue weighted by Crippen LogP contribution is -2.45. The van der Waals surface area contributed by atoms with Crippen LogP contribution in [-0.2, 0) is 0 Å². The van der Waals surface area contributed by atoms with Crippen LogP contribution in [0.5, 0.6) is 5.88 Å². The van der Waals surface area contributed by atoms with Crippen molar-refractivity contribution in [3.8, 4) is 5.88 Å². The highest BCUT2D eigenvalue weighted by Crippen LogP contribution is 2.21. The molecule has 1 saturated heterocycles. The van der Waals surface area contributed by atoms with E-state index < -0.39 is 0 Å². The maximum atomic E-state index is 9.19. The van der Waals surface area contributed by atoms with E-state index in [0.717, 1.165) is 25.5 Å². The van der Waals surface area contributed by atoms with E-state index >= 15 is 0 Å². The van der Waals surface area contributed by atoms with E-state index in [1.165, 1.54) is 6.20 Å². The van der Waals surface area contributed by atoms with Crippen LogP contribution in [-0.4, -0.2) is 58.6 Å². The van der Waals surface area contributed by atoms with Crippen LogP contribution in [0.1, 0.15) is 11.9 Å². The number of nitrogens with zero attached hydrogens (tertiary/aromatic N) is 3. The molecule has 0 saturated carbocycles. The molecule has 2 rings (SSSR count). The van der Waals surface area contributed by atoms with Crippen molar-refractivity contribution in [2.24, 2.45) is 0 Å².